The number of nitrogens with two attached hydrogens (primary N) is 2. The monoisotopic (exact) mass is 479 g/mol. The molecule has 1 aliphatic heterocycles. The number of primary sulfonamides is 1. The van der Waals surface area contributed by atoms with E-state index in [1.807, 2.05) is 6.07 Å². The van der Waals surface area contributed by atoms with Gasteiger partial charge in [0.25, 0.3) is 0 Å². The van der Waals surface area contributed by atoms with Gasteiger partial charge in [-0.15, -0.1) is 0 Å². The van der Waals surface area contributed by atoms with Crippen LogP contribution in [0.25, 0.3) is 11.3 Å². The number of nitrogen functional groups attached to an aromatic ring is 1. The molecule has 33 heavy (non-hydrogen) atoms. The van der Waals surface area contributed by atoms with Crippen LogP contribution in [0.1, 0.15) is 5.56 Å². The molecule has 0 radical (unpaired) electrons. The highest BCUT2D eigenvalue weighted by Crippen LogP contribution is 2.38. The number of benzene rings is 2. The molecule has 0 aliphatic carbocycles. The molecule has 4 rings (SSSR count). The maximum Gasteiger partial charge on any atom is 0.240 e. The molecular formula is C23H18ClN5O3S. The highest BCUT2D eigenvalue weighted by Gasteiger charge is 2.24. The SMILES string of the molecule is N#Cc1c(Cl)cccc1OC1=CCN(c2c(-c3ncccc3N)cccc2S(N)(=O)=O)C=C1. The van der Waals surface area contributed by atoms with Crippen molar-refractivity contribution in [1.82, 2.24) is 4.98 Å². The average molecular weight is 480 g/mol. The van der Waals surface area contributed by atoms with Crippen molar-refractivity contribution in [2.75, 3.05) is 17.2 Å². The number of hydrogen-bond donors (Lipinski definition) is 2. The summed E-state index contributed by atoms with van der Waals surface area (Å²) in [5.41, 5.74) is 8.04. The van der Waals surface area contributed by atoms with Crippen LogP contribution in [0.4, 0.5) is 11.4 Å². The smallest absolute Gasteiger partial charge is 0.240 e. The number of para-hydroxylation sites is 1. The summed E-state index contributed by atoms with van der Waals surface area (Å²) in [7, 11) is -4.05. The molecule has 0 bridgehead atoms. The van der Waals surface area contributed by atoms with Gasteiger partial charge in [-0.3, -0.25) is 4.98 Å². The molecule has 2 heterocycles. The van der Waals surface area contributed by atoms with E-state index in [9.17, 15) is 13.7 Å². The molecule has 0 saturated heterocycles. The van der Waals surface area contributed by atoms with Gasteiger partial charge in [-0.2, -0.15) is 5.26 Å². The first-order valence-corrected chi connectivity index (χ1v) is 11.6. The van der Waals surface area contributed by atoms with Crippen LogP contribution >= 0.6 is 11.6 Å². The van der Waals surface area contributed by atoms with Gasteiger partial charge in [0.15, 0.2) is 0 Å². The molecule has 2 aromatic carbocycles. The van der Waals surface area contributed by atoms with Crippen LogP contribution in [0.5, 0.6) is 5.75 Å². The van der Waals surface area contributed by atoms with Crippen LogP contribution in [0.2, 0.25) is 5.02 Å². The second kappa shape index (κ2) is 8.96. The minimum absolute atomic E-state index is 0.0610. The number of pyridine rings is 1. The van der Waals surface area contributed by atoms with Gasteiger partial charge in [0.05, 0.1) is 22.1 Å². The van der Waals surface area contributed by atoms with Gasteiger partial charge in [-0.05, 0) is 42.5 Å². The summed E-state index contributed by atoms with van der Waals surface area (Å²) in [4.78, 5) is 5.98. The third-order valence-electron chi connectivity index (χ3n) is 4.91. The normalized spacial score (nSPS) is 13.4. The Bertz CT molecular complexity index is 1440. The van der Waals surface area contributed by atoms with Gasteiger partial charge in [-0.1, -0.05) is 29.8 Å². The molecule has 4 N–H and O–H groups in total. The maximum atomic E-state index is 12.4. The van der Waals surface area contributed by atoms with Crippen LogP contribution in [0, 0.1) is 11.3 Å². The molecular weight excluding hydrogens is 462 g/mol. The molecule has 166 valence electrons. The third kappa shape index (κ3) is 4.54. The van der Waals surface area contributed by atoms with Crippen molar-refractivity contribution in [2.24, 2.45) is 5.14 Å². The fraction of sp³-hybridized carbons (Fsp3) is 0.0435. The van der Waals surface area contributed by atoms with E-state index in [2.05, 4.69) is 4.98 Å². The van der Waals surface area contributed by atoms with Crippen LogP contribution in [-0.4, -0.2) is 19.9 Å². The van der Waals surface area contributed by atoms with Crippen molar-refractivity contribution in [1.29, 1.82) is 5.26 Å². The Labute approximate surface area is 196 Å². The minimum atomic E-state index is -4.05. The molecule has 1 aromatic heterocycles. The molecule has 8 nitrogen and oxygen atoms in total. The van der Waals surface area contributed by atoms with Gasteiger partial charge in [0.1, 0.15) is 28.0 Å². The number of halogens is 1. The number of ether oxygens (including phenoxy) is 1. The number of anilines is 2. The zero-order valence-electron chi connectivity index (χ0n) is 17.1. The molecule has 0 spiro atoms. The lowest BCUT2D eigenvalue weighted by molar-refractivity contribution is 0.439. The first-order chi connectivity index (χ1) is 15.8. The predicted molar refractivity (Wildman–Crippen MR) is 127 cm³/mol. The van der Waals surface area contributed by atoms with Crippen LogP contribution in [0.3, 0.4) is 0 Å². The lowest BCUT2D eigenvalue weighted by Crippen LogP contribution is -2.25. The summed E-state index contributed by atoms with van der Waals surface area (Å²) in [6.45, 7) is 0.264. The van der Waals surface area contributed by atoms with Gasteiger partial charge in [0, 0.05) is 24.5 Å². The topological polar surface area (TPSA) is 135 Å². The summed E-state index contributed by atoms with van der Waals surface area (Å²) in [5, 5.41) is 15.1. The quantitative estimate of drug-likeness (QED) is 0.568. The van der Waals surface area contributed by atoms with Crippen LogP contribution in [-0.2, 0) is 10.0 Å². The Morgan fingerprint density at radius 2 is 1.94 bits per heavy atom. The molecule has 0 amide bonds. The van der Waals surface area contributed by atoms with Crippen LogP contribution in [0.15, 0.2) is 83.7 Å². The van der Waals surface area contributed by atoms with Crippen molar-refractivity contribution < 1.29 is 13.2 Å². The zero-order valence-corrected chi connectivity index (χ0v) is 18.7. The Morgan fingerprint density at radius 3 is 2.61 bits per heavy atom. The zero-order chi connectivity index (χ0) is 23.6. The van der Waals surface area contributed by atoms with E-state index in [0.717, 1.165) is 0 Å². The molecule has 1 aliphatic rings. The summed E-state index contributed by atoms with van der Waals surface area (Å²) in [6, 6.07) is 15.1. The number of aromatic nitrogens is 1. The summed E-state index contributed by atoms with van der Waals surface area (Å²) in [5.74, 6) is 0.790. The first kappa shape index (κ1) is 22.4. The minimum Gasteiger partial charge on any atom is -0.456 e. The predicted octanol–water partition coefficient (Wildman–Crippen LogP) is 3.80. The number of allylic oxidation sites excluding steroid dienone is 1. The lowest BCUT2D eigenvalue weighted by Gasteiger charge is -2.27. The first-order valence-electron chi connectivity index (χ1n) is 9.67. The van der Waals surface area contributed by atoms with E-state index in [-0.39, 0.29) is 22.0 Å². The fourth-order valence-corrected chi connectivity index (χ4v) is 4.40. The van der Waals surface area contributed by atoms with Crippen molar-refractivity contribution in [3.05, 3.63) is 89.4 Å². The molecule has 10 heteroatoms. The Kier molecular flexibility index (Phi) is 6.07. The van der Waals surface area contributed by atoms with Crippen LogP contribution < -0.4 is 20.5 Å². The number of sulfonamides is 1. The molecule has 0 saturated carbocycles. The van der Waals surface area contributed by atoms with E-state index in [0.29, 0.717) is 34.1 Å². The number of nitrogens with zero attached hydrogens (tertiary/aromatic N) is 3. The summed E-state index contributed by atoms with van der Waals surface area (Å²) < 4.78 is 30.6. The Morgan fingerprint density at radius 1 is 1.15 bits per heavy atom. The number of hydrogen-bond acceptors (Lipinski definition) is 7. The standard InChI is InChI=1S/C23H18ClN5O3S/c24-18-5-2-7-20(17(18)14-25)32-15-9-12-29(13-10-15)23-16(22-19(26)6-3-11-28-22)4-1-8-21(23)33(27,30)31/h1-12H,13,26H2,(H2,27,30,31). The average Bonchev–Trinajstić information content (AvgIpc) is 2.79. The van der Waals surface area contributed by atoms with E-state index in [4.69, 9.17) is 27.2 Å². The fourth-order valence-electron chi connectivity index (χ4n) is 3.43. The summed E-state index contributed by atoms with van der Waals surface area (Å²) in [6.07, 6.45) is 6.64. The van der Waals surface area contributed by atoms with E-state index in [1.165, 1.54) is 6.07 Å². The highest BCUT2D eigenvalue weighted by molar-refractivity contribution is 7.89. The third-order valence-corrected chi connectivity index (χ3v) is 6.17. The number of nitriles is 1. The lowest BCUT2D eigenvalue weighted by atomic mass is 10.1. The van der Waals surface area contributed by atoms with Crippen molar-refractivity contribution in [3.8, 4) is 23.1 Å². The van der Waals surface area contributed by atoms with Gasteiger partial charge < -0.3 is 15.4 Å². The molecule has 0 atom stereocenters. The second-order valence-electron chi connectivity index (χ2n) is 7.04. The van der Waals surface area contributed by atoms with E-state index < -0.39 is 10.0 Å². The molecule has 0 unspecified atom stereocenters. The van der Waals surface area contributed by atoms with Gasteiger partial charge in [0.2, 0.25) is 10.0 Å². The second-order valence-corrected chi connectivity index (χ2v) is 8.98. The Hall–Kier alpha value is -3.84. The van der Waals surface area contributed by atoms with Crippen molar-refractivity contribution in [3.63, 3.8) is 0 Å². The largest absolute Gasteiger partial charge is 0.456 e. The molecule has 3 aromatic rings. The van der Waals surface area contributed by atoms with E-state index >= 15 is 0 Å². The van der Waals surface area contributed by atoms with E-state index in [1.54, 1.807) is 71.9 Å². The van der Waals surface area contributed by atoms with Crippen molar-refractivity contribution >= 4 is 33.0 Å². The van der Waals surface area contributed by atoms with Gasteiger partial charge in [-0.25, -0.2) is 13.6 Å². The molecule has 0 fully saturated rings. The highest BCUT2D eigenvalue weighted by atomic mass is 35.5. The van der Waals surface area contributed by atoms with Gasteiger partial charge >= 0.3 is 0 Å². The Balaban J connectivity index is 1.72. The maximum absolute atomic E-state index is 12.4. The summed E-state index contributed by atoms with van der Waals surface area (Å²) >= 11 is 6.07. The van der Waals surface area contributed by atoms with Crippen molar-refractivity contribution in [2.45, 2.75) is 4.90 Å². The number of rotatable bonds is 5.